The SMILES string of the molecule is CC(NC(=O)C1CCN(c2cc(Cl)ccc2Cl)C1=O)c1ccc(OC(F)F)cc1. The van der Waals surface area contributed by atoms with Gasteiger partial charge in [0.05, 0.1) is 16.8 Å². The van der Waals surface area contributed by atoms with Crippen LogP contribution in [0.25, 0.3) is 0 Å². The monoisotopic (exact) mass is 442 g/mol. The van der Waals surface area contributed by atoms with E-state index in [1.54, 1.807) is 37.3 Å². The minimum absolute atomic E-state index is 0.0299. The number of carbonyl (C=O) groups excluding carboxylic acids is 2. The van der Waals surface area contributed by atoms with E-state index >= 15 is 0 Å². The fourth-order valence-electron chi connectivity index (χ4n) is 3.19. The van der Waals surface area contributed by atoms with E-state index in [9.17, 15) is 18.4 Å². The number of anilines is 1. The average molecular weight is 443 g/mol. The number of rotatable bonds is 6. The molecule has 0 radical (unpaired) electrons. The first kappa shape index (κ1) is 21.3. The van der Waals surface area contributed by atoms with E-state index in [0.717, 1.165) is 0 Å². The number of nitrogens with zero attached hydrogens (tertiary/aromatic N) is 1. The van der Waals surface area contributed by atoms with Crippen molar-refractivity contribution in [3.63, 3.8) is 0 Å². The van der Waals surface area contributed by atoms with Crippen molar-refractivity contribution in [2.45, 2.75) is 26.0 Å². The van der Waals surface area contributed by atoms with Crippen LogP contribution in [-0.4, -0.2) is 25.0 Å². The number of halogens is 4. The highest BCUT2D eigenvalue weighted by Crippen LogP contribution is 2.33. The number of amides is 2. The van der Waals surface area contributed by atoms with Gasteiger partial charge in [-0.05, 0) is 49.2 Å². The van der Waals surface area contributed by atoms with Gasteiger partial charge in [0.15, 0.2) is 0 Å². The zero-order valence-corrected chi connectivity index (χ0v) is 16.9. The summed E-state index contributed by atoms with van der Waals surface area (Å²) in [5, 5.41) is 3.61. The Morgan fingerprint density at radius 1 is 1.21 bits per heavy atom. The Balaban J connectivity index is 1.65. The third kappa shape index (κ3) is 4.97. The Morgan fingerprint density at radius 3 is 2.55 bits per heavy atom. The molecule has 3 rings (SSSR count). The number of benzene rings is 2. The molecule has 2 aromatic carbocycles. The van der Waals surface area contributed by atoms with Gasteiger partial charge in [0.2, 0.25) is 11.8 Å². The molecule has 1 heterocycles. The van der Waals surface area contributed by atoms with Crippen LogP contribution in [0.5, 0.6) is 5.75 Å². The molecule has 154 valence electrons. The highest BCUT2D eigenvalue weighted by molar-refractivity contribution is 6.36. The Kier molecular flexibility index (Phi) is 6.59. The lowest BCUT2D eigenvalue weighted by atomic mass is 10.0. The van der Waals surface area contributed by atoms with Gasteiger partial charge in [-0.25, -0.2) is 0 Å². The zero-order valence-electron chi connectivity index (χ0n) is 15.4. The van der Waals surface area contributed by atoms with Gasteiger partial charge >= 0.3 is 6.61 Å². The van der Waals surface area contributed by atoms with Gasteiger partial charge in [0.25, 0.3) is 0 Å². The molecule has 0 saturated carbocycles. The number of alkyl halides is 2. The molecular weight excluding hydrogens is 425 g/mol. The smallest absolute Gasteiger partial charge is 0.387 e. The molecule has 0 aromatic heterocycles. The van der Waals surface area contributed by atoms with Gasteiger partial charge in [-0.2, -0.15) is 8.78 Å². The van der Waals surface area contributed by atoms with Crippen LogP contribution < -0.4 is 15.0 Å². The van der Waals surface area contributed by atoms with Crippen molar-refractivity contribution in [1.29, 1.82) is 0 Å². The van der Waals surface area contributed by atoms with Gasteiger partial charge < -0.3 is 15.0 Å². The second kappa shape index (κ2) is 8.97. The molecule has 29 heavy (non-hydrogen) atoms. The van der Waals surface area contributed by atoms with Crippen molar-refractivity contribution < 1.29 is 23.1 Å². The van der Waals surface area contributed by atoms with Crippen LogP contribution in [-0.2, 0) is 9.59 Å². The van der Waals surface area contributed by atoms with Crippen LogP contribution in [0.15, 0.2) is 42.5 Å². The maximum atomic E-state index is 12.8. The van der Waals surface area contributed by atoms with E-state index in [1.165, 1.54) is 17.0 Å². The van der Waals surface area contributed by atoms with Crippen molar-refractivity contribution in [3.8, 4) is 5.75 Å². The molecule has 1 aliphatic heterocycles. The van der Waals surface area contributed by atoms with Crippen LogP contribution in [0, 0.1) is 5.92 Å². The lowest BCUT2D eigenvalue weighted by Crippen LogP contribution is -2.38. The second-order valence-electron chi connectivity index (χ2n) is 6.60. The van der Waals surface area contributed by atoms with Gasteiger partial charge in [-0.3, -0.25) is 9.59 Å². The summed E-state index contributed by atoms with van der Waals surface area (Å²) in [4.78, 5) is 26.8. The summed E-state index contributed by atoms with van der Waals surface area (Å²) in [6.45, 7) is -0.806. The van der Waals surface area contributed by atoms with E-state index in [1.807, 2.05) is 0 Å². The minimum atomic E-state index is -2.90. The van der Waals surface area contributed by atoms with Gasteiger partial charge in [-0.15, -0.1) is 0 Å². The van der Waals surface area contributed by atoms with Crippen LogP contribution in [0.4, 0.5) is 14.5 Å². The molecule has 1 N–H and O–H groups in total. The summed E-state index contributed by atoms with van der Waals surface area (Å²) >= 11 is 12.2. The highest BCUT2D eigenvalue weighted by Gasteiger charge is 2.38. The normalized spacial score (nSPS) is 17.5. The van der Waals surface area contributed by atoms with E-state index < -0.39 is 24.5 Å². The van der Waals surface area contributed by atoms with Crippen molar-refractivity contribution in [2.75, 3.05) is 11.4 Å². The largest absolute Gasteiger partial charge is 0.435 e. The molecule has 2 aromatic rings. The number of carbonyl (C=O) groups is 2. The fraction of sp³-hybridized carbons (Fsp3) is 0.300. The predicted octanol–water partition coefficient (Wildman–Crippen LogP) is 4.83. The Labute approximate surface area is 176 Å². The molecule has 0 bridgehead atoms. The third-order valence-corrected chi connectivity index (χ3v) is 5.24. The lowest BCUT2D eigenvalue weighted by Gasteiger charge is -2.20. The first-order valence-corrected chi connectivity index (χ1v) is 9.63. The van der Waals surface area contributed by atoms with Crippen molar-refractivity contribution in [2.24, 2.45) is 5.92 Å². The standard InChI is InChI=1S/C20H18Cl2F2N2O3/c1-11(12-2-5-14(6-3-12)29-20(23)24)25-18(27)15-8-9-26(19(15)28)17-10-13(21)4-7-16(17)22/h2-7,10-11,15,20H,8-9H2,1H3,(H,25,27). The van der Waals surface area contributed by atoms with Gasteiger partial charge in [0.1, 0.15) is 11.7 Å². The Bertz CT molecular complexity index is 909. The summed E-state index contributed by atoms with van der Waals surface area (Å²) in [5.74, 6) is -1.56. The number of hydrogen-bond donors (Lipinski definition) is 1. The third-order valence-electron chi connectivity index (χ3n) is 4.69. The van der Waals surface area contributed by atoms with Crippen LogP contribution in [0.3, 0.4) is 0 Å². The van der Waals surface area contributed by atoms with Crippen LogP contribution in [0.2, 0.25) is 10.0 Å². The average Bonchev–Trinajstić information content (AvgIpc) is 3.05. The van der Waals surface area contributed by atoms with Crippen molar-refractivity contribution >= 4 is 40.7 Å². The van der Waals surface area contributed by atoms with E-state index in [2.05, 4.69) is 10.1 Å². The van der Waals surface area contributed by atoms with E-state index in [0.29, 0.717) is 34.3 Å². The molecule has 0 aliphatic carbocycles. The lowest BCUT2D eigenvalue weighted by molar-refractivity contribution is -0.132. The fourth-order valence-corrected chi connectivity index (χ4v) is 3.58. The summed E-state index contributed by atoms with van der Waals surface area (Å²) in [6, 6.07) is 10.4. The summed E-state index contributed by atoms with van der Waals surface area (Å²) in [7, 11) is 0. The van der Waals surface area contributed by atoms with Crippen molar-refractivity contribution in [3.05, 3.63) is 58.1 Å². The first-order chi connectivity index (χ1) is 13.8. The molecule has 1 saturated heterocycles. The molecule has 0 spiro atoms. The topological polar surface area (TPSA) is 58.6 Å². The molecule has 2 unspecified atom stereocenters. The van der Waals surface area contributed by atoms with Crippen LogP contribution in [0.1, 0.15) is 24.9 Å². The maximum Gasteiger partial charge on any atom is 0.387 e. The van der Waals surface area contributed by atoms with Gasteiger partial charge in [-0.1, -0.05) is 35.3 Å². The molecule has 5 nitrogen and oxygen atoms in total. The molecule has 1 fully saturated rings. The predicted molar refractivity (Wildman–Crippen MR) is 107 cm³/mol. The van der Waals surface area contributed by atoms with E-state index in [4.69, 9.17) is 23.2 Å². The Morgan fingerprint density at radius 2 is 1.90 bits per heavy atom. The molecule has 2 amide bonds. The quantitative estimate of drug-likeness (QED) is 0.652. The number of ether oxygens (including phenoxy) is 1. The van der Waals surface area contributed by atoms with Crippen molar-refractivity contribution in [1.82, 2.24) is 5.32 Å². The van der Waals surface area contributed by atoms with Gasteiger partial charge in [0, 0.05) is 11.6 Å². The number of hydrogen-bond acceptors (Lipinski definition) is 3. The number of nitrogens with one attached hydrogen (secondary N) is 1. The molecular formula is C20H18Cl2F2N2O3. The van der Waals surface area contributed by atoms with E-state index in [-0.39, 0.29) is 11.7 Å². The maximum absolute atomic E-state index is 12.8. The highest BCUT2D eigenvalue weighted by atomic mass is 35.5. The summed E-state index contributed by atoms with van der Waals surface area (Å²) < 4.78 is 28.8. The Hall–Kier alpha value is -2.38. The molecule has 1 aliphatic rings. The zero-order chi connectivity index (χ0) is 21.1. The minimum Gasteiger partial charge on any atom is -0.435 e. The molecule has 2 atom stereocenters. The summed E-state index contributed by atoms with van der Waals surface area (Å²) in [6.07, 6.45) is 0.349. The summed E-state index contributed by atoms with van der Waals surface area (Å²) in [5.41, 5.74) is 1.17. The molecule has 9 heteroatoms. The van der Waals surface area contributed by atoms with Crippen LogP contribution >= 0.6 is 23.2 Å². The second-order valence-corrected chi connectivity index (χ2v) is 7.45. The first-order valence-electron chi connectivity index (χ1n) is 8.88.